The zero-order valence-corrected chi connectivity index (χ0v) is 9.44. The van der Waals surface area contributed by atoms with Gasteiger partial charge in [-0.05, 0) is 0 Å². The number of carboxylic acid groups (broad SMARTS) is 1. The number of aliphatic carboxylic acids is 1. The average Bonchev–Trinajstić information content (AvgIpc) is 2.31. The molecule has 106 valence electrons. The van der Waals surface area contributed by atoms with E-state index < -0.39 is 50.5 Å². The number of halogens is 5. The molecule has 0 aliphatic rings. The Bertz CT molecular complexity index is 633. The number of alkyl halides is 1. The Kier molecular flexibility index (Phi) is 3.98. The summed E-state index contributed by atoms with van der Waals surface area (Å²) in [6.07, 6.45) is 0. The molecule has 0 amide bonds. The van der Waals surface area contributed by atoms with Crippen LogP contribution < -0.4 is 4.72 Å². The molecule has 2 N–H and O–H groups in total. The predicted octanol–water partition coefficient (Wildman–Crippen LogP) is 1.36. The van der Waals surface area contributed by atoms with Crippen LogP contribution in [-0.2, 0) is 14.8 Å². The van der Waals surface area contributed by atoms with Crippen molar-refractivity contribution < 1.29 is 40.3 Å². The van der Waals surface area contributed by atoms with Gasteiger partial charge >= 0.3 is 11.5 Å². The van der Waals surface area contributed by atoms with Crippen LogP contribution in [0.3, 0.4) is 0 Å². The Morgan fingerprint density at radius 3 is 2.16 bits per heavy atom. The van der Waals surface area contributed by atoms with Crippen molar-refractivity contribution in [3.63, 3.8) is 0 Å². The van der Waals surface area contributed by atoms with Crippen molar-refractivity contribution in [2.24, 2.45) is 0 Å². The molecule has 0 saturated heterocycles. The summed E-state index contributed by atoms with van der Waals surface area (Å²) in [4.78, 5) is 10.1. The van der Waals surface area contributed by atoms with E-state index in [1.165, 1.54) is 0 Å². The van der Waals surface area contributed by atoms with Crippen molar-refractivity contribution in [2.75, 3.05) is 4.72 Å². The van der Waals surface area contributed by atoms with Crippen molar-refractivity contribution in [2.45, 2.75) is 5.50 Å². The van der Waals surface area contributed by atoms with Crippen LogP contribution in [-0.4, -0.2) is 25.0 Å². The molecule has 1 aromatic carbocycles. The Morgan fingerprint density at radius 2 is 1.68 bits per heavy atom. The van der Waals surface area contributed by atoms with E-state index in [-0.39, 0.29) is 6.07 Å². The van der Waals surface area contributed by atoms with Crippen LogP contribution in [0.25, 0.3) is 0 Å². The van der Waals surface area contributed by atoms with Gasteiger partial charge in [-0.15, -0.1) is 0 Å². The molecule has 0 aliphatic heterocycles. The second-order valence-electron chi connectivity index (χ2n) is 3.15. The summed E-state index contributed by atoms with van der Waals surface area (Å²) in [6.45, 7) is 0. The van der Waals surface area contributed by atoms with Crippen molar-refractivity contribution in [3.05, 3.63) is 29.3 Å². The molecule has 1 aromatic rings. The summed E-state index contributed by atoms with van der Waals surface area (Å²) in [6, 6.07) is -0.0974. The van der Waals surface area contributed by atoms with Gasteiger partial charge in [0.1, 0.15) is 0 Å². The fourth-order valence-corrected chi connectivity index (χ4v) is 1.81. The first-order valence-corrected chi connectivity index (χ1v) is 5.84. The van der Waals surface area contributed by atoms with Gasteiger partial charge in [0.25, 0.3) is 10.0 Å². The van der Waals surface area contributed by atoms with E-state index in [1.54, 1.807) is 0 Å². The lowest BCUT2D eigenvalue weighted by molar-refractivity contribution is -0.139. The van der Waals surface area contributed by atoms with E-state index in [2.05, 4.69) is 0 Å². The maximum Gasteiger partial charge on any atom is 0.356 e. The highest BCUT2D eigenvalue weighted by atomic mass is 32.2. The zero-order valence-electron chi connectivity index (χ0n) is 8.62. The standard InChI is InChI=1S/C8H4F5NO4S/c9-2-1-3(5(11)6(12)4(2)10)14-19(17,18)7(13)8(15)16/h1,7,14H,(H,15,16). The summed E-state index contributed by atoms with van der Waals surface area (Å²) in [5.41, 5.74) is -4.96. The number of sulfonamides is 1. The maximum atomic E-state index is 13.1. The highest BCUT2D eigenvalue weighted by Crippen LogP contribution is 2.24. The summed E-state index contributed by atoms with van der Waals surface area (Å²) < 4.78 is 86.9. The normalized spacial score (nSPS) is 13.1. The fraction of sp³-hybridized carbons (Fsp3) is 0.125. The molecule has 5 nitrogen and oxygen atoms in total. The summed E-state index contributed by atoms with van der Waals surface area (Å²) in [5, 5.41) is 8.12. The number of benzene rings is 1. The van der Waals surface area contributed by atoms with Gasteiger partial charge in [-0.1, -0.05) is 0 Å². The number of rotatable bonds is 4. The SMILES string of the molecule is O=C(O)C(F)S(=O)(=O)Nc1cc(F)c(F)c(F)c1F. The largest absolute Gasteiger partial charge is 0.478 e. The number of carboxylic acids is 1. The van der Waals surface area contributed by atoms with Crippen LogP contribution in [0.2, 0.25) is 0 Å². The minimum absolute atomic E-state index is 0.0974. The number of carbonyl (C=O) groups is 1. The molecule has 1 unspecified atom stereocenters. The van der Waals surface area contributed by atoms with Gasteiger partial charge in [0, 0.05) is 6.07 Å². The Balaban J connectivity index is 3.25. The smallest absolute Gasteiger partial charge is 0.356 e. The highest BCUT2D eigenvalue weighted by Gasteiger charge is 2.34. The van der Waals surface area contributed by atoms with E-state index in [1.807, 2.05) is 0 Å². The molecule has 0 fully saturated rings. The molecule has 19 heavy (non-hydrogen) atoms. The number of nitrogens with one attached hydrogen (secondary N) is 1. The van der Waals surface area contributed by atoms with Gasteiger partial charge in [-0.3, -0.25) is 4.72 Å². The minimum Gasteiger partial charge on any atom is -0.478 e. The Labute approximate surface area is 102 Å². The van der Waals surface area contributed by atoms with Crippen LogP contribution in [0.5, 0.6) is 0 Å². The molecular formula is C8H4F5NO4S. The maximum absolute atomic E-state index is 13.1. The second-order valence-corrected chi connectivity index (χ2v) is 4.86. The van der Waals surface area contributed by atoms with E-state index in [4.69, 9.17) is 5.11 Å². The second kappa shape index (κ2) is 4.99. The van der Waals surface area contributed by atoms with Gasteiger partial charge in [0.05, 0.1) is 5.69 Å². The minimum atomic E-state index is -5.29. The molecule has 0 heterocycles. The number of anilines is 1. The third-order valence-corrected chi connectivity index (χ3v) is 3.07. The first-order chi connectivity index (χ1) is 8.58. The quantitative estimate of drug-likeness (QED) is 0.500. The van der Waals surface area contributed by atoms with Crippen LogP contribution in [0.1, 0.15) is 0 Å². The number of hydrogen-bond donors (Lipinski definition) is 2. The molecule has 0 bridgehead atoms. The van der Waals surface area contributed by atoms with Crippen LogP contribution in [0.15, 0.2) is 6.07 Å². The van der Waals surface area contributed by atoms with Gasteiger partial charge < -0.3 is 5.11 Å². The summed E-state index contributed by atoms with van der Waals surface area (Å²) >= 11 is 0. The molecule has 0 saturated carbocycles. The third-order valence-electron chi connectivity index (χ3n) is 1.82. The number of hydrogen-bond acceptors (Lipinski definition) is 3. The molecule has 0 radical (unpaired) electrons. The van der Waals surface area contributed by atoms with Crippen molar-refractivity contribution in [3.8, 4) is 0 Å². The zero-order chi connectivity index (χ0) is 15.0. The van der Waals surface area contributed by atoms with Crippen molar-refractivity contribution in [1.82, 2.24) is 0 Å². The molecule has 0 aromatic heterocycles. The molecule has 1 atom stereocenters. The average molecular weight is 305 g/mol. The van der Waals surface area contributed by atoms with Crippen LogP contribution >= 0.6 is 0 Å². The first-order valence-electron chi connectivity index (χ1n) is 4.29. The molecule has 0 aliphatic carbocycles. The Morgan fingerprint density at radius 1 is 1.16 bits per heavy atom. The molecule has 11 heteroatoms. The Hall–Kier alpha value is -1.91. The third kappa shape index (κ3) is 2.92. The van der Waals surface area contributed by atoms with Gasteiger partial charge in [-0.2, -0.15) is 0 Å². The van der Waals surface area contributed by atoms with E-state index >= 15 is 0 Å². The van der Waals surface area contributed by atoms with Crippen molar-refractivity contribution in [1.29, 1.82) is 0 Å². The van der Waals surface area contributed by atoms with Gasteiger partial charge in [0.2, 0.25) is 0 Å². The monoisotopic (exact) mass is 305 g/mol. The lowest BCUT2D eigenvalue weighted by atomic mass is 10.3. The van der Waals surface area contributed by atoms with E-state index in [0.717, 1.165) is 4.72 Å². The summed E-state index contributed by atoms with van der Waals surface area (Å²) in [5.74, 6) is -11.0. The highest BCUT2D eigenvalue weighted by molar-refractivity contribution is 7.93. The van der Waals surface area contributed by atoms with Crippen molar-refractivity contribution >= 4 is 21.7 Å². The molecule has 0 spiro atoms. The first kappa shape index (κ1) is 15.1. The van der Waals surface area contributed by atoms with E-state index in [0.29, 0.717) is 0 Å². The predicted molar refractivity (Wildman–Crippen MR) is 51.3 cm³/mol. The fourth-order valence-electron chi connectivity index (χ4n) is 0.985. The van der Waals surface area contributed by atoms with E-state index in [9.17, 15) is 35.2 Å². The van der Waals surface area contributed by atoms with Gasteiger partial charge in [0.15, 0.2) is 23.3 Å². The lowest BCUT2D eigenvalue weighted by Crippen LogP contribution is -2.31. The topological polar surface area (TPSA) is 83.5 Å². The molecule has 1 rings (SSSR count). The molecular weight excluding hydrogens is 301 g/mol. The lowest BCUT2D eigenvalue weighted by Gasteiger charge is -2.10. The van der Waals surface area contributed by atoms with Crippen LogP contribution in [0, 0.1) is 23.3 Å². The van der Waals surface area contributed by atoms with Crippen LogP contribution in [0.4, 0.5) is 27.6 Å². The summed E-state index contributed by atoms with van der Waals surface area (Å²) in [7, 11) is -5.29. The van der Waals surface area contributed by atoms with Gasteiger partial charge in [-0.25, -0.2) is 35.2 Å².